The topological polar surface area (TPSA) is 49.8 Å². The monoisotopic (exact) mass is 536 g/mol. The van der Waals surface area contributed by atoms with Gasteiger partial charge in [0.2, 0.25) is 0 Å². The normalized spacial score (nSPS) is 26.1. The first-order valence-corrected chi connectivity index (χ1v) is 15.2. The molecule has 2 saturated carbocycles. The molecule has 6 rings (SSSR count). The Morgan fingerprint density at radius 2 is 1.02 bits per heavy atom. The molecule has 0 atom stereocenters. The summed E-state index contributed by atoms with van der Waals surface area (Å²) in [6.07, 6.45) is 11.6. The number of nitrogen functional groups attached to an aromatic ring is 1. The molecule has 41 heavy (non-hydrogen) atoms. The van der Waals surface area contributed by atoms with Gasteiger partial charge in [0, 0.05) is 16.5 Å². The maximum atomic E-state index is 9.37. The van der Waals surface area contributed by atoms with Crippen molar-refractivity contribution in [3.05, 3.63) is 143 Å². The van der Waals surface area contributed by atoms with Crippen LogP contribution in [0.15, 0.2) is 110 Å². The molecule has 206 valence electrons. The third-order valence-electron chi connectivity index (χ3n) is 10.5. The second kappa shape index (κ2) is 11.4. The second-order valence-corrected chi connectivity index (χ2v) is 12.3. The summed E-state index contributed by atoms with van der Waals surface area (Å²) in [5.41, 5.74) is 14.4. The molecule has 2 aliphatic carbocycles. The van der Waals surface area contributed by atoms with Crippen LogP contribution in [0.3, 0.4) is 0 Å². The van der Waals surface area contributed by atoms with Crippen LogP contribution in [0, 0.1) is 23.2 Å². The highest BCUT2D eigenvalue weighted by Crippen LogP contribution is 2.53. The molecule has 0 spiro atoms. The summed E-state index contributed by atoms with van der Waals surface area (Å²) in [7, 11) is 0. The maximum Gasteiger partial charge on any atom is 0.0991 e. The number of nitrogens with two attached hydrogens (primary N) is 1. The molecule has 4 aromatic rings. The van der Waals surface area contributed by atoms with Crippen molar-refractivity contribution < 1.29 is 0 Å². The Morgan fingerprint density at radius 1 is 0.610 bits per heavy atom. The summed E-state index contributed by atoms with van der Waals surface area (Å²) in [6.45, 7) is 3.95. The number of nitriles is 1. The molecule has 0 amide bonds. The average Bonchev–Trinajstić information content (AvgIpc) is 3.06. The van der Waals surface area contributed by atoms with Crippen molar-refractivity contribution in [3.8, 4) is 6.07 Å². The lowest BCUT2D eigenvalue weighted by molar-refractivity contribution is 0.141. The molecular formula is C39H40N2. The first-order chi connectivity index (χ1) is 20.1. The standard InChI is InChI=1S/C39H40N2/c1-2-29-8-12-34(13-9-29)38(33-6-4-3-5-7-33)24-20-31(21-25-38)32-22-26-39(27-23-32,36-16-18-37(41)19-17-36)35-14-10-30(28-40)11-15-35/h2-19,31-32H,1,20-27,41H2. The van der Waals surface area contributed by atoms with Gasteiger partial charge in [-0.2, -0.15) is 5.26 Å². The molecule has 0 saturated heterocycles. The van der Waals surface area contributed by atoms with Gasteiger partial charge in [0.15, 0.2) is 0 Å². The molecule has 0 unspecified atom stereocenters. The summed E-state index contributed by atoms with van der Waals surface area (Å²) in [6, 6.07) is 39.4. The van der Waals surface area contributed by atoms with Crippen molar-refractivity contribution >= 4 is 11.8 Å². The van der Waals surface area contributed by atoms with E-state index in [1.165, 1.54) is 66.3 Å². The van der Waals surface area contributed by atoms with Crippen LogP contribution in [0.1, 0.15) is 84.7 Å². The third kappa shape index (κ3) is 5.11. The molecular weight excluding hydrogens is 496 g/mol. The van der Waals surface area contributed by atoms with Crippen LogP contribution < -0.4 is 5.73 Å². The predicted octanol–water partition coefficient (Wildman–Crippen LogP) is 9.44. The molecule has 2 heteroatoms. The molecule has 0 aromatic heterocycles. The van der Waals surface area contributed by atoms with E-state index in [1.807, 2.05) is 30.3 Å². The van der Waals surface area contributed by atoms with Crippen molar-refractivity contribution in [3.63, 3.8) is 0 Å². The molecule has 0 heterocycles. The maximum absolute atomic E-state index is 9.37. The zero-order valence-electron chi connectivity index (χ0n) is 23.9. The Bertz CT molecular complexity index is 1490. The predicted molar refractivity (Wildman–Crippen MR) is 170 cm³/mol. The highest BCUT2D eigenvalue weighted by atomic mass is 14.5. The van der Waals surface area contributed by atoms with E-state index in [-0.39, 0.29) is 10.8 Å². The van der Waals surface area contributed by atoms with Crippen molar-refractivity contribution in [2.24, 2.45) is 11.8 Å². The van der Waals surface area contributed by atoms with Gasteiger partial charge >= 0.3 is 0 Å². The average molecular weight is 537 g/mol. The van der Waals surface area contributed by atoms with Gasteiger partial charge in [-0.1, -0.05) is 91.5 Å². The van der Waals surface area contributed by atoms with Gasteiger partial charge in [-0.15, -0.1) is 0 Å². The first-order valence-electron chi connectivity index (χ1n) is 15.2. The van der Waals surface area contributed by atoms with E-state index in [2.05, 4.69) is 91.5 Å². The van der Waals surface area contributed by atoms with Crippen molar-refractivity contribution in [1.82, 2.24) is 0 Å². The summed E-state index contributed by atoms with van der Waals surface area (Å²) in [4.78, 5) is 0. The van der Waals surface area contributed by atoms with Crippen LogP contribution in [0.2, 0.25) is 0 Å². The Labute approximate surface area is 245 Å². The van der Waals surface area contributed by atoms with Gasteiger partial charge < -0.3 is 5.73 Å². The molecule has 0 aliphatic heterocycles. The number of anilines is 1. The lowest BCUT2D eigenvalue weighted by atomic mass is 9.57. The minimum absolute atomic E-state index is 0.0203. The number of rotatable bonds is 6. The number of hydrogen-bond donors (Lipinski definition) is 1. The van der Waals surface area contributed by atoms with Crippen LogP contribution in [-0.2, 0) is 10.8 Å². The number of benzene rings is 4. The van der Waals surface area contributed by atoms with Crippen molar-refractivity contribution in [1.29, 1.82) is 5.26 Å². The van der Waals surface area contributed by atoms with E-state index in [4.69, 9.17) is 5.73 Å². The van der Waals surface area contributed by atoms with Crippen LogP contribution in [0.4, 0.5) is 5.69 Å². The van der Waals surface area contributed by atoms with Crippen molar-refractivity contribution in [2.75, 3.05) is 5.73 Å². The third-order valence-corrected chi connectivity index (χ3v) is 10.5. The molecule has 2 nitrogen and oxygen atoms in total. The van der Waals surface area contributed by atoms with Gasteiger partial charge in [0.25, 0.3) is 0 Å². The second-order valence-electron chi connectivity index (χ2n) is 12.3. The van der Waals surface area contributed by atoms with Crippen LogP contribution in [0.25, 0.3) is 6.08 Å². The quantitative estimate of drug-likeness (QED) is 0.250. The zero-order chi connectivity index (χ0) is 28.3. The fraction of sp³-hybridized carbons (Fsp3) is 0.308. The van der Waals surface area contributed by atoms with Crippen LogP contribution >= 0.6 is 0 Å². The highest BCUT2D eigenvalue weighted by Gasteiger charge is 2.44. The summed E-state index contributed by atoms with van der Waals surface area (Å²) in [5.74, 6) is 1.52. The highest BCUT2D eigenvalue weighted by molar-refractivity contribution is 5.50. The van der Waals surface area contributed by atoms with Gasteiger partial charge in [-0.25, -0.2) is 0 Å². The lowest BCUT2D eigenvalue weighted by Crippen LogP contribution is -2.38. The van der Waals surface area contributed by atoms with Crippen LogP contribution in [0.5, 0.6) is 0 Å². The molecule has 4 aromatic carbocycles. The van der Waals surface area contributed by atoms with E-state index in [0.717, 1.165) is 35.9 Å². The Kier molecular flexibility index (Phi) is 7.55. The zero-order valence-corrected chi connectivity index (χ0v) is 23.9. The van der Waals surface area contributed by atoms with Gasteiger partial charge in [0.05, 0.1) is 11.6 Å². The fourth-order valence-electron chi connectivity index (χ4n) is 8.06. The summed E-state index contributed by atoms with van der Waals surface area (Å²) < 4.78 is 0. The minimum atomic E-state index is -0.0203. The molecule has 2 fully saturated rings. The summed E-state index contributed by atoms with van der Waals surface area (Å²) >= 11 is 0. The van der Waals surface area contributed by atoms with E-state index in [0.29, 0.717) is 0 Å². The Morgan fingerprint density at radius 3 is 1.46 bits per heavy atom. The Hall–Kier alpha value is -4.09. The smallest absolute Gasteiger partial charge is 0.0991 e. The van der Waals surface area contributed by atoms with E-state index < -0.39 is 0 Å². The summed E-state index contributed by atoms with van der Waals surface area (Å²) in [5, 5.41) is 9.37. The molecule has 2 N–H and O–H groups in total. The van der Waals surface area contributed by atoms with E-state index in [9.17, 15) is 5.26 Å². The minimum Gasteiger partial charge on any atom is -0.399 e. The Balaban J connectivity index is 1.22. The molecule has 0 bridgehead atoms. The van der Waals surface area contributed by atoms with Gasteiger partial charge in [-0.05, 0) is 115 Å². The van der Waals surface area contributed by atoms with E-state index >= 15 is 0 Å². The van der Waals surface area contributed by atoms with Gasteiger partial charge in [0.1, 0.15) is 0 Å². The molecule has 2 aliphatic rings. The SMILES string of the molecule is C=Cc1ccc(C2(c3ccccc3)CCC(C3CCC(c4ccc(N)cc4)(c4ccc(C#N)cc4)CC3)CC2)cc1. The van der Waals surface area contributed by atoms with E-state index in [1.54, 1.807) is 0 Å². The molecule has 0 radical (unpaired) electrons. The largest absolute Gasteiger partial charge is 0.399 e. The lowest BCUT2D eigenvalue weighted by Gasteiger charge is -2.47. The number of nitrogens with zero attached hydrogens (tertiary/aromatic N) is 1. The van der Waals surface area contributed by atoms with Gasteiger partial charge in [-0.3, -0.25) is 0 Å². The van der Waals surface area contributed by atoms with Crippen LogP contribution in [-0.4, -0.2) is 0 Å². The number of hydrogen-bond acceptors (Lipinski definition) is 2. The first kappa shape index (κ1) is 27.1. The fourth-order valence-corrected chi connectivity index (χ4v) is 8.06. The van der Waals surface area contributed by atoms with Crippen molar-refractivity contribution in [2.45, 2.75) is 62.2 Å².